The highest BCUT2D eigenvalue weighted by molar-refractivity contribution is 9.10. The molecule has 5 nitrogen and oxygen atoms in total. The minimum absolute atomic E-state index is 0.00238. The quantitative estimate of drug-likeness (QED) is 0.534. The lowest BCUT2D eigenvalue weighted by Gasteiger charge is -2.14. The normalized spacial score (nSPS) is 13.1. The maximum atomic E-state index is 14.3. The van der Waals surface area contributed by atoms with Crippen LogP contribution < -0.4 is 4.72 Å². The molecular weight excluding hydrogens is 423 g/mol. The first-order valence-corrected chi connectivity index (χ1v) is 10.5. The SMILES string of the molecule is CCCS(=O)(=O)Nc1ccc(F)c(C(O)c2c[nH]c3ccc(Br)cc23)c1. The predicted octanol–water partition coefficient (Wildman–Crippen LogP) is 4.30. The van der Waals surface area contributed by atoms with Crippen LogP contribution in [-0.2, 0) is 10.0 Å². The van der Waals surface area contributed by atoms with Crippen LogP contribution in [0.2, 0.25) is 0 Å². The molecule has 1 unspecified atom stereocenters. The minimum atomic E-state index is -3.50. The zero-order valence-corrected chi connectivity index (χ0v) is 16.4. The lowest BCUT2D eigenvalue weighted by molar-refractivity contribution is 0.216. The first-order valence-electron chi connectivity index (χ1n) is 8.05. The maximum Gasteiger partial charge on any atom is 0.232 e. The number of anilines is 1. The number of hydrogen-bond donors (Lipinski definition) is 3. The van der Waals surface area contributed by atoms with E-state index in [1.54, 1.807) is 13.1 Å². The molecule has 0 bridgehead atoms. The number of rotatable bonds is 6. The van der Waals surface area contributed by atoms with Gasteiger partial charge >= 0.3 is 0 Å². The number of aromatic nitrogens is 1. The summed E-state index contributed by atoms with van der Waals surface area (Å²) < 4.78 is 41.4. The standard InChI is InChI=1S/C18H18BrFN2O3S/c1-2-7-26(24,25)22-12-4-5-16(20)14(9-12)18(23)15-10-21-17-6-3-11(19)8-13(15)17/h3-6,8-10,18,21-23H,2,7H2,1H3. The van der Waals surface area contributed by atoms with E-state index in [1.807, 2.05) is 18.2 Å². The molecule has 0 saturated heterocycles. The van der Waals surface area contributed by atoms with E-state index in [0.717, 1.165) is 21.4 Å². The first kappa shape index (κ1) is 18.9. The molecule has 2 aromatic carbocycles. The van der Waals surface area contributed by atoms with Crippen molar-refractivity contribution in [3.8, 4) is 0 Å². The first-order chi connectivity index (χ1) is 12.3. The largest absolute Gasteiger partial charge is 0.383 e. The van der Waals surface area contributed by atoms with Crippen molar-refractivity contribution < 1.29 is 17.9 Å². The van der Waals surface area contributed by atoms with E-state index in [9.17, 15) is 17.9 Å². The van der Waals surface area contributed by atoms with E-state index in [0.29, 0.717) is 12.0 Å². The fourth-order valence-corrected chi connectivity index (χ4v) is 4.31. The smallest absolute Gasteiger partial charge is 0.232 e. The monoisotopic (exact) mass is 440 g/mol. The summed E-state index contributed by atoms with van der Waals surface area (Å²) in [6.45, 7) is 1.76. The summed E-state index contributed by atoms with van der Waals surface area (Å²) >= 11 is 3.38. The zero-order valence-electron chi connectivity index (χ0n) is 14.0. The van der Waals surface area contributed by atoms with E-state index in [2.05, 4.69) is 25.6 Å². The Morgan fingerprint density at radius 2 is 2.00 bits per heavy atom. The molecule has 0 fully saturated rings. The molecule has 8 heteroatoms. The van der Waals surface area contributed by atoms with Gasteiger partial charge in [-0.15, -0.1) is 0 Å². The third-order valence-electron chi connectivity index (χ3n) is 4.01. The summed E-state index contributed by atoms with van der Waals surface area (Å²) in [7, 11) is -3.50. The van der Waals surface area contributed by atoms with Gasteiger partial charge in [0.25, 0.3) is 0 Å². The van der Waals surface area contributed by atoms with Crippen LogP contribution >= 0.6 is 15.9 Å². The molecule has 26 heavy (non-hydrogen) atoms. The Kier molecular flexibility index (Phi) is 5.36. The highest BCUT2D eigenvalue weighted by Crippen LogP contribution is 2.33. The van der Waals surface area contributed by atoms with Crippen LogP contribution in [0.4, 0.5) is 10.1 Å². The third kappa shape index (κ3) is 3.92. The van der Waals surface area contributed by atoms with Crippen molar-refractivity contribution in [2.75, 3.05) is 10.5 Å². The average molecular weight is 441 g/mol. The van der Waals surface area contributed by atoms with E-state index in [1.165, 1.54) is 12.1 Å². The summed E-state index contributed by atoms with van der Waals surface area (Å²) in [5.74, 6) is -0.640. The molecular formula is C18H18BrFN2O3S. The number of benzene rings is 2. The summed E-state index contributed by atoms with van der Waals surface area (Å²) in [4.78, 5) is 3.04. The molecule has 3 rings (SSSR count). The van der Waals surface area contributed by atoms with Gasteiger partial charge in [-0.3, -0.25) is 4.72 Å². The van der Waals surface area contributed by atoms with E-state index >= 15 is 0 Å². The van der Waals surface area contributed by atoms with Gasteiger partial charge in [-0.2, -0.15) is 0 Å². The Labute approximate surface area is 159 Å². The van der Waals surface area contributed by atoms with Crippen molar-refractivity contribution in [1.29, 1.82) is 0 Å². The Balaban J connectivity index is 1.99. The molecule has 0 saturated carbocycles. The van der Waals surface area contributed by atoms with E-state index in [-0.39, 0.29) is 17.0 Å². The zero-order chi connectivity index (χ0) is 18.9. The second-order valence-electron chi connectivity index (χ2n) is 5.99. The molecule has 0 aliphatic rings. The molecule has 0 amide bonds. The van der Waals surface area contributed by atoms with Crippen LogP contribution in [-0.4, -0.2) is 24.3 Å². The van der Waals surface area contributed by atoms with Crippen molar-refractivity contribution in [3.63, 3.8) is 0 Å². The van der Waals surface area contributed by atoms with Crippen LogP contribution in [0.15, 0.2) is 47.1 Å². The number of sulfonamides is 1. The predicted molar refractivity (Wildman–Crippen MR) is 104 cm³/mol. The van der Waals surface area contributed by atoms with E-state index in [4.69, 9.17) is 0 Å². The van der Waals surface area contributed by atoms with Gasteiger partial charge in [0.2, 0.25) is 10.0 Å². The van der Waals surface area contributed by atoms with Gasteiger partial charge in [0.15, 0.2) is 0 Å². The maximum absolute atomic E-state index is 14.3. The molecule has 3 N–H and O–H groups in total. The van der Waals surface area contributed by atoms with Crippen molar-refractivity contribution in [2.45, 2.75) is 19.4 Å². The van der Waals surface area contributed by atoms with Gasteiger partial charge in [-0.05, 0) is 42.8 Å². The number of halogens is 2. The molecule has 1 heterocycles. The summed E-state index contributed by atoms with van der Waals surface area (Å²) in [6, 6.07) is 9.35. The molecule has 138 valence electrons. The Hall–Kier alpha value is -1.90. The van der Waals surface area contributed by atoms with Crippen LogP contribution in [0.3, 0.4) is 0 Å². The highest BCUT2D eigenvalue weighted by atomic mass is 79.9. The minimum Gasteiger partial charge on any atom is -0.383 e. The van der Waals surface area contributed by atoms with Crippen LogP contribution in [0.25, 0.3) is 10.9 Å². The van der Waals surface area contributed by atoms with Crippen LogP contribution in [0.1, 0.15) is 30.6 Å². The lowest BCUT2D eigenvalue weighted by atomic mass is 10.00. The van der Waals surface area contributed by atoms with Crippen LogP contribution in [0.5, 0.6) is 0 Å². The van der Waals surface area contributed by atoms with Crippen molar-refractivity contribution in [1.82, 2.24) is 4.98 Å². The molecule has 3 aromatic rings. The summed E-state index contributed by atoms with van der Waals surface area (Å²) in [6.07, 6.45) is 0.847. The topological polar surface area (TPSA) is 82.2 Å². The van der Waals surface area contributed by atoms with Gasteiger partial charge in [0.05, 0.1) is 5.75 Å². The lowest BCUT2D eigenvalue weighted by Crippen LogP contribution is -2.16. The van der Waals surface area contributed by atoms with E-state index < -0.39 is 21.9 Å². The number of fused-ring (bicyclic) bond motifs is 1. The summed E-state index contributed by atoms with van der Waals surface area (Å²) in [5.41, 5.74) is 1.54. The average Bonchev–Trinajstić information content (AvgIpc) is 2.98. The number of aliphatic hydroxyl groups excluding tert-OH is 1. The van der Waals surface area contributed by atoms with Crippen molar-refractivity contribution in [2.24, 2.45) is 0 Å². The molecule has 0 spiro atoms. The number of aliphatic hydroxyl groups is 1. The molecule has 1 atom stereocenters. The number of aromatic amines is 1. The fraction of sp³-hybridized carbons (Fsp3) is 0.222. The number of hydrogen-bond acceptors (Lipinski definition) is 3. The van der Waals surface area contributed by atoms with Crippen LogP contribution in [0, 0.1) is 5.82 Å². The molecule has 0 radical (unpaired) electrons. The fourth-order valence-electron chi connectivity index (χ4n) is 2.82. The van der Waals surface area contributed by atoms with Gasteiger partial charge in [-0.25, -0.2) is 12.8 Å². The third-order valence-corrected chi connectivity index (χ3v) is 5.99. The highest BCUT2D eigenvalue weighted by Gasteiger charge is 2.20. The van der Waals surface area contributed by atoms with Gasteiger partial charge in [-0.1, -0.05) is 22.9 Å². The Morgan fingerprint density at radius 1 is 1.23 bits per heavy atom. The Bertz CT molecular complexity index is 1050. The molecule has 1 aromatic heterocycles. The second-order valence-corrected chi connectivity index (χ2v) is 8.75. The Morgan fingerprint density at radius 3 is 2.73 bits per heavy atom. The second kappa shape index (κ2) is 7.38. The van der Waals surface area contributed by atoms with Crippen molar-refractivity contribution >= 4 is 42.5 Å². The summed E-state index contributed by atoms with van der Waals surface area (Å²) in [5, 5.41) is 11.5. The molecule has 0 aliphatic heterocycles. The molecule has 0 aliphatic carbocycles. The van der Waals surface area contributed by atoms with Gasteiger partial charge in [0.1, 0.15) is 11.9 Å². The van der Waals surface area contributed by atoms with Crippen molar-refractivity contribution in [3.05, 3.63) is 64.0 Å². The van der Waals surface area contributed by atoms with Gasteiger partial charge in [0, 0.05) is 38.4 Å². The number of H-pyrrole nitrogens is 1. The van der Waals surface area contributed by atoms with Gasteiger partial charge < -0.3 is 10.1 Å². The number of nitrogens with one attached hydrogen (secondary N) is 2.